The van der Waals surface area contributed by atoms with Crippen molar-refractivity contribution in [1.29, 1.82) is 0 Å². The molecule has 1 fully saturated rings. The van der Waals surface area contributed by atoms with E-state index in [-0.39, 0.29) is 19.4 Å². The molecular weight excluding hydrogens is 370 g/mol. The van der Waals surface area contributed by atoms with Crippen LogP contribution in [0.5, 0.6) is 0 Å². The third-order valence-electron chi connectivity index (χ3n) is 3.82. The molecule has 11 nitrogen and oxygen atoms in total. The van der Waals surface area contributed by atoms with Crippen molar-refractivity contribution in [3.05, 3.63) is 33.1 Å². The summed E-state index contributed by atoms with van der Waals surface area (Å²) in [5.74, 6) is -1.91. The summed E-state index contributed by atoms with van der Waals surface area (Å²) in [5.41, 5.74) is 4.20. The Kier molecular flexibility index (Phi) is 6.58. The zero-order chi connectivity index (χ0) is 19.4. The summed E-state index contributed by atoms with van der Waals surface area (Å²) in [6.45, 7) is -0.281. The van der Waals surface area contributed by atoms with Gasteiger partial charge < -0.3 is 25.8 Å². The first-order valence-corrected chi connectivity index (χ1v) is 8.62. The lowest BCUT2D eigenvalue weighted by atomic mass is 10.1. The minimum absolute atomic E-state index is 0.0907. The molecule has 0 bridgehead atoms. The van der Waals surface area contributed by atoms with Crippen molar-refractivity contribution < 1.29 is 29.6 Å². The highest BCUT2D eigenvalue weighted by Crippen LogP contribution is 2.41. The number of ether oxygens (including phenoxy) is 1. The number of aliphatic hydroxyl groups is 2. The Hall–Kier alpha value is -2.15. The number of aliphatic hydroxyl groups excluding tert-OH is 2. The van der Waals surface area contributed by atoms with Gasteiger partial charge in [0.05, 0.1) is 11.4 Å². The van der Waals surface area contributed by atoms with E-state index in [2.05, 4.69) is 4.98 Å². The molecule has 6 N–H and O–H groups in total. The number of rotatable bonds is 7. The highest BCUT2D eigenvalue weighted by molar-refractivity contribution is 8.00. The maximum absolute atomic E-state index is 11.8. The Bertz CT molecular complexity index is 778. The molecule has 1 aliphatic heterocycles. The number of carbonyl (C=O) groups is 2. The number of hydrogen-bond donors (Lipinski definition) is 5. The smallest absolute Gasteiger partial charge is 0.329 e. The highest BCUT2D eigenvalue weighted by Gasteiger charge is 2.44. The molecule has 2 heterocycles. The van der Waals surface area contributed by atoms with Crippen molar-refractivity contribution >= 4 is 23.7 Å². The molecule has 0 saturated carbocycles. The summed E-state index contributed by atoms with van der Waals surface area (Å²) in [4.78, 5) is 47.2. The number of H-pyrrole nitrogens is 1. The molecule has 1 aliphatic rings. The van der Waals surface area contributed by atoms with Gasteiger partial charge in [0, 0.05) is 18.7 Å². The van der Waals surface area contributed by atoms with E-state index >= 15 is 0 Å². The molecular formula is C14H19N3O8S. The maximum Gasteiger partial charge on any atom is 0.329 e. The standard InChI is InChI=1S/C14H19N3O8S/c15-6(1-2-9(19)20)13(23)25-5-7-10(21)11(22)12(26-7)17-4-3-8(18)16-14(17)24/h3-4,6-7,10-12,21-22H,1-2,5,15H2,(H,19,20)(H,16,18,24)/t6-,7+,10?,11?,12+/m0/s1. The van der Waals surface area contributed by atoms with Gasteiger partial charge >= 0.3 is 17.6 Å². The fourth-order valence-electron chi connectivity index (χ4n) is 2.39. The predicted octanol–water partition coefficient (Wildman–Crippen LogP) is -2.39. The fourth-order valence-corrected chi connectivity index (χ4v) is 3.84. The van der Waals surface area contributed by atoms with Crippen LogP contribution in [-0.2, 0) is 14.3 Å². The first-order chi connectivity index (χ1) is 12.2. The van der Waals surface area contributed by atoms with Crippen molar-refractivity contribution in [1.82, 2.24) is 9.55 Å². The summed E-state index contributed by atoms with van der Waals surface area (Å²) in [6.07, 6.45) is -1.79. The lowest BCUT2D eigenvalue weighted by Gasteiger charge is -2.17. The SMILES string of the molecule is N[C@@H](CCC(=O)O)C(=O)OC[C@H]1S[C@@H](n2ccc(=O)[nH]c2=O)C(O)C1O. The zero-order valence-electron chi connectivity index (χ0n) is 13.5. The van der Waals surface area contributed by atoms with Gasteiger partial charge in [0.25, 0.3) is 5.56 Å². The van der Waals surface area contributed by atoms with Crippen molar-refractivity contribution in [2.45, 2.75) is 41.7 Å². The van der Waals surface area contributed by atoms with Crippen LogP contribution >= 0.6 is 11.8 Å². The number of carboxylic acids is 1. The minimum atomic E-state index is -1.33. The second-order valence-corrected chi connectivity index (χ2v) is 7.09. The molecule has 2 rings (SSSR count). The van der Waals surface area contributed by atoms with Crippen LogP contribution in [0.25, 0.3) is 0 Å². The van der Waals surface area contributed by atoms with Gasteiger partial charge in [-0.1, -0.05) is 0 Å². The Morgan fingerprint density at radius 1 is 1.35 bits per heavy atom. The van der Waals surface area contributed by atoms with Crippen molar-refractivity contribution in [2.75, 3.05) is 6.61 Å². The Morgan fingerprint density at radius 3 is 2.65 bits per heavy atom. The van der Waals surface area contributed by atoms with Crippen molar-refractivity contribution in [3.8, 4) is 0 Å². The molecule has 0 radical (unpaired) electrons. The number of carbonyl (C=O) groups excluding carboxylic acids is 1. The second kappa shape index (κ2) is 8.49. The fraction of sp³-hybridized carbons (Fsp3) is 0.571. The molecule has 12 heteroatoms. The summed E-state index contributed by atoms with van der Waals surface area (Å²) < 4.78 is 6.05. The van der Waals surface area contributed by atoms with Gasteiger partial charge in [-0.15, -0.1) is 11.8 Å². The second-order valence-electron chi connectivity index (χ2n) is 5.73. The molecule has 2 unspecified atom stereocenters. The average molecular weight is 389 g/mol. The van der Waals surface area contributed by atoms with E-state index in [0.717, 1.165) is 22.4 Å². The molecule has 1 aromatic rings. The number of hydrogen-bond acceptors (Lipinski definition) is 9. The number of aromatic amines is 1. The van der Waals surface area contributed by atoms with E-state index in [1.807, 2.05) is 0 Å². The quantitative estimate of drug-likeness (QED) is 0.315. The monoisotopic (exact) mass is 389 g/mol. The molecule has 144 valence electrons. The number of esters is 1. The molecule has 0 amide bonds. The topological polar surface area (TPSA) is 185 Å². The van der Waals surface area contributed by atoms with Gasteiger partial charge in [-0.25, -0.2) is 4.79 Å². The van der Waals surface area contributed by atoms with Gasteiger partial charge in [-0.3, -0.25) is 23.9 Å². The summed E-state index contributed by atoms with van der Waals surface area (Å²) >= 11 is 1.00. The van der Waals surface area contributed by atoms with Crippen LogP contribution in [0.4, 0.5) is 0 Å². The summed E-state index contributed by atoms with van der Waals surface area (Å²) in [5, 5.41) is 27.2. The number of nitrogens with one attached hydrogen (secondary N) is 1. The first kappa shape index (κ1) is 20.2. The van der Waals surface area contributed by atoms with Crippen LogP contribution in [0.1, 0.15) is 18.2 Å². The lowest BCUT2D eigenvalue weighted by molar-refractivity contribution is -0.146. The van der Waals surface area contributed by atoms with Crippen LogP contribution in [0, 0.1) is 0 Å². The van der Waals surface area contributed by atoms with E-state index in [4.69, 9.17) is 15.6 Å². The van der Waals surface area contributed by atoms with Crippen LogP contribution < -0.4 is 17.0 Å². The summed E-state index contributed by atoms with van der Waals surface area (Å²) in [7, 11) is 0. The number of aliphatic carboxylic acids is 1. The average Bonchev–Trinajstić information content (AvgIpc) is 2.85. The van der Waals surface area contributed by atoms with Crippen molar-refractivity contribution in [3.63, 3.8) is 0 Å². The molecule has 5 atom stereocenters. The third kappa shape index (κ3) is 4.72. The van der Waals surface area contributed by atoms with Gasteiger partial charge in [0.2, 0.25) is 0 Å². The van der Waals surface area contributed by atoms with Gasteiger partial charge in [-0.2, -0.15) is 0 Å². The van der Waals surface area contributed by atoms with Gasteiger partial charge in [-0.05, 0) is 6.42 Å². The first-order valence-electron chi connectivity index (χ1n) is 7.67. The van der Waals surface area contributed by atoms with Crippen molar-refractivity contribution in [2.24, 2.45) is 5.73 Å². The number of carboxylic acid groups (broad SMARTS) is 1. The molecule has 0 spiro atoms. The molecule has 26 heavy (non-hydrogen) atoms. The van der Waals surface area contributed by atoms with Crippen LogP contribution in [0.15, 0.2) is 21.9 Å². The van der Waals surface area contributed by atoms with Crippen LogP contribution in [0.3, 0.4) is 0 Å². The Balaban J connectivity index is 1.97. The normalized spacial score (nSPS) is 26.4. The number of aromatic nitrogens is 2. The minimum Gasteiger partial charge on any atom is -0.481 e. The zero-order valence-corrected chi connectivity index (χ0v) is 14.3. The number of nitrogens with two attached hydrogens (primary N) is 1. The van der Waals surface area contributed by atoms with E-state index in [1.54, 1.807) is 0 Å². The van der Waals surface area contributed by atoms with E-state index in [0.29, 0.717) is 0 Å². The Labute approximate surface area is 150 Å². The largest absolute Gasteiger partial charge is 0.481 e. The van der Waals surface area contributed by atoms with Crippen LogP contribution in [-0.4, -0.2) is 66.9 Å². The lowest BCUT2D eigenvalue weighted by Crippen LogP contribution is -2.38. The number of thioether (sulfide) groups is 1. The maximum atomic E-state index is 11.8. The summed E-state index contributed by atoms with van der Waals surface area (Å²) in [6, 6.07) is -0.00669. The van der Waals surface area contributed by atoms with E-state index in [1.165, 1.54) is 6.20 Å². The molecule has 0 aromatic carbocycles. The van der Waals surface area contributed by atoms with Gasteiger partial charge in [0.15, 0.2) is 0 Å². The van der Waals surface area contributed by atoms with E-state index < -0.39 is 52.1 Å². The van der Waals surface area contributed by atoms with E-state index in [9.17, 15) is 29.4 Å². The van der Waals surface area contributed by atoms with Crippen LogP contribution in [0.2, 0.25) is 0 Å². The van der Waals surface area contributed by atoms with Gasteiger partial charge in [0.1, 0.15) is 24.1 Å². The predicted molar refractivity (Wildman–Crippen MR) is 89.6 cm³/mol. The number of nitrogens with zero attached hydrogens (tertiary/aromatic N) is 1. The molecule has 1 saturated heterocycles. The molecule has 0 aliphatic carbocycles. The highest BCUT2D eigenvalue weighted by atomic mass is 32.2. The molecule has 1 aromatic heterocycles. The Morgan fingerprint density at radius 2 is 2.04 bits per heavy atom. The third-order valence-corrected chi connectivity index (χ3v) is 5.37.